The molecule has 0 fully saturated rings. The quantitative estimate of drug-likeness (QED) is 0.261. The van der Waals surface area contributed by atoms with E-state index in [9.17, 15) is 0 Å². The molecule has 168 valence electrons. The van der Waals surface area contributed by atoms with Crippen LogP contribution in [0, 0.1) is 13.8 Å². The molecular formula is C33H25NO. The van der Waals surface area contributed by atoms with Gasteiger partial charge in [0.1, 0.15) is 11.2 Å². The molecule has 2 heterocycles. The van der Waals surface area contributed by atoms with Crippen molar-refractivity contribution in [2.24, 2.45) is 0 Å². The van der Waals surface area contributed by atoms with Crippen LogP contribution in [-0.4, -0.2) is 0 Å². The largest absolute Gasteiger partial charge is 0.456 e. The van der Waals surface area contributed by atoms with Crippen molar-refractivity contribution >= 4 is 33.3 Å². The van der Waals surface area contributed by atoms with Gasteiger partial charge in [0.25, 0.3) is 0 Å². The fourth-order valence-corrected chi connectivity index (χ4v) is 5.44. The van der Waals surface area contributed by atoms with Gasteiger partial charge in [-0.2, -0.15) is 0 Å². The second-order valence-electron chi connectivity index (χ2n) is 9.63. The number of aryl methyl sites for hydroxylation is 2. The molecule has 7 rings (SSSR count). The topological polar surface area (TPSA) is 16.4 Å². The van der Waals surface area contributed by atoms with Crippen molar-refractivity contribution in [2.75, 3.05) is 4.90 Å². The molecule has 1 aliphatic rings. The summed E-state index contributed by atoms with van der Waals surface area (Å²) in [5.74, 6) is 0. The maximum atomic E-state index is 6.23. The first-order chi connectivity index (χ1) is 17.1. The first-order valence-corrected chi connectivity index (χ1v) is 12.1. The Morgan fingerprint density at radius 3 is 2.26 bits per heavy atom. The molecule has 6 aromatic rings. The number of benzene rings is 5. The van der Waals surface area contributed by atoms with Crippen molar-refractivity contribution in [1.29, 1.82) is 0 Å². The predicted molar refractivity (Wildman–Crippen MR) is 146 cm³/mol. The Bertz CT molecular complexity index is 1760. The zero-order valence-corrected chi connectivity index (χ0v) is 19.9. The molecule has 1 aliphatic heterocycles. The molecule has 0 radical (unpaired) electrons. The third-order valence-corrected chi connectivity index (χ3v) is 7.19. The number of rotatable bonds is 2. The van der Waals surface area contributed by atoms with Crippen LogP contribution in [-0.2, 0) is 6.54 Å². The van der Waals surface area contributed by atoms with Gasteiger partial charge in [-0.25, -0.2) is 0 Å². The van der Waals surface area contributed by atoms with Crippen molar-refractivity contribution in [3.8, 4) is 22.3 Å². The fraction of sp³-hybridized carbons (Fsp3) is 0.0909. The minimum Gasteiger partial charge on any atom is -0.456 e. The van der Waals surface area contributed by atoms with Crippen LogP contribution in [0.3, 0.4) is 0 Å². The van der Waals surface area contributed by atoms with E-state index in [1.165, 1.54) is 50.3 Å². The van der Waals surface area contributed by atoms with E-state index in [2.05, 4.69) is 122 Å². The molecule has 0 unspecified atom stereocenters. The summed E-state index contributed by atoms with van der Waals surface area (Å²) in [5.41, 5.74) is 13.3. The first-order valence-electron chi connectivity index (χ1n) is 12.1. The lowest BCUT2D eigenvalue weighted by atomic mass is 9.91. The van der Waals surface area contributed by atoms with Crippen molar-refractivity contribution in [1.82, 2.24) is 0 Å². The zero-order valence-electron chi connectivity index (χ0n) is 19.9. The number of anilines is 2. The number of furan rings is 1. The summed E-state index contributed by atoms with van der Waals surface area (Å²) < 4.78 is 6.23. The Labute approximate surface area is 205 Å². The number of nitrogens with zero attached hydrogens (tertiary/aromatic N) is 1. The van der Waals surface area contributed by atoms with Gasteiger partial charge < -0.3 is 9.32 Å². The number of hydrogen-bond acceptors (Lipinski definition) is 2. The van der Waals surface area contributed by atoms with Crippen LogP contribution in [0.15, 0.2) is 108 Å². The Kier molecular flexibility index (Phi) is 4.37. The highest BCUT2D eigenvalue weighted by Gasteiger charge is 2.23. The summed E-state index contributed by atoms with van der Waals surface area (Å²) in [6.07, 6.45) is 0. The van der Waals surface area contributed by atoms with Gasteiger partial charge in [0, 0.05) is 34.3 Å². The average Bonchev–Trinajstić information content (AvgIpc) is 3.25. The predicted octanol–water partition coefficient (Wildman–Crippen LogP) is 9.19. The summed E-state index contributed by atoms with van der Waals surface area (Å²) in [7, 11) is 0. The van der Waals surface area contributed by atoms with Gasteiger partial charge in [0.05, 0.1) is 0 Å². The molecule has 35 heavy (non-hydrogen) atoms. The van der Waals surface area contributed by atoms with Gasteiger partial charge >= 0.3 is 0 Å². The summed E-state index contributed by atoms with van der Waals surface area (Å²) in [6.45, 7) is 5.15. The molecule has 2 heteroatoms. The highest BCUT2D eigenvalue weighted by Crippen LogP contribution is 2.44. The third kappa shape index (κ3) is 3.25. The van der Waals surface area contributed by atoms with Crippen LogP contribution < -0.4 is 4.90 Å². The first kappa shape index (κ1) is 20.1. The van der Waals surface area contributed by atoms with Crippen LogP contribution in [0.1, 0.15) is 16.7 Å². The van der Waals surface area contributed by atoms with E-state index in [1.54, 1.807) is 0 Å². The molecule has 2 nitrogen and oxygen atoms in total. The van der Waals surface area contributed by atoms with Crippen molar-refractivity contribution in [3.05, 3.63) is 120 Å². The summed E-state index contributed by atoms with van der Waals surface area (Å²) in [4.78, 5) is 2.43. The van der Waals surface area contributed by atoms with E-state index in [1.807, 2.05) is 0 Å². The van der Waals surface area contributed by atoms with Crippen LogP contribution in [0.5, 0.6) is 0 Å². The van der Waals surface area contributed by atoms with Gasteiger partial charge in [0.2, 0.25) is 0 Å². The number of fused-ring (bicyclic) bond motifs is 6. The molecule has 0 saturated heterocycles. The van der Waals surface area contributed by atoms with E-state index < -0.39 is 0 Å². The second-order valence-corrected chi connectivity index (χ2v) is 9.63. The molecule has 1 aromatic heterocycles. The smallest absolute Gasteiger partial charge is 0.135 e. The standard InChI is InChI=1S/C33H25NO/c1-21-6-5-7-23(16-21)24-12-14-32-29(18-24)30-19-26(13-15-33(30)35-32)34-20-25-11-10-22(2)17-28(25)27-8-3-4-9-31(27)34/h3-19H,20H2,1-2H3. The van der Waals surface area contributed by atoms with E-state index >= 15 is 0 Å². The third-order valence-electron chi connectivity index (χ3n) is 7.19. The minimum absolute atomic E-state index is 0.850. The normalized spacial score (nSPS) is 12.7. The van der Waals surface area contributed by atoms with Gasteiger partial charge in [-0.1, -0.05) is 77.9 Å². The maximum absolute atomic E-state index is 6.23. The van der Waals surface area contributed by atoms with Crippen molar-refractivity contribution in [3.63, 3.8) is 0 Å². The van der Waals surface area contributed by atoms with E-state index in [-0.39, 0.29) is 0 Å². The second kappa shape index (κ2) is 7.61. The van der Waals surface area contributed by atoms with Crippen LogP contribution >= 0.6 is 0 Å². The summed E-state index contributed by atoms with van der Waals surface area (Å²) in [6, 6.07) is 37.3. The number of hydrogen-bond donors (Lipinski definition) is 0. The van der Waals surface area contributed by atoms with Gasteiger partial charge in [-0.15, -0.1) is 0 Å². The Balaban J connectivity index is 1.39. The van der Waals surface area contributed by atoms with E-state index in [0.717, 1.165) is 28.5 Å². The molecule has 0 aliphatic carbocycles. The molecule has 0 amide bonds. The van der Waals surface area contributed by atoms with E-state index in [4.69, 9.17) is 4.42 Å². The highest BCUT2D eigenvalue weighted by molar-refractivity contribution is 6.07. The molecule has 0 spiro atoms. The van der Waals surface area contributed by atoms with E-state index in [0.29, 0.717) is 0 Å². The van der Waals surface area contributed by atoms with Gasteiger partial charge in [-0.3, -0.25) is 0 Å². The Hall–Kier alpha value is -4.30. The van der Waals surface area contributed by atoms with Crippen molar-refractivity contribution in [2.45, 2.75) is 20.4 Å². The Morgan fingerprint density at radius 2 is 1.37 bits per heavy atom. The molecule has 0 saturated carbocycles. The maximum Gasteiger partial charge on any atom is 0.135 e. The van der Waals surface area contributed by atoms with Crippen molar-refractivity contribution < 1.29 is 4.42 Å². The monoisotopic (exact) mass is 451 g/mol. The van der Waals surface area contributed by atoms with Crippen LogP contribution in [0.25, 0.3) is 44.2 Å². The fourth-order valence-electron chi connectivity index (χ4n) is 5.44. The molecule has 0 atom stereocenters. The Morgan fingerprint density at radius 1 is 0.600 bits per heavy atom. The van der Waals surface area contributed by atoms with Crippen LogP contribution in [0.4, 0.5) is 11.4 Å². The molecule has 0 N–H and O–H groups in total. The molecular weight excluding hydrogens is 426 g/mol. The van der Waals surface area contributed by atoms with Gasteiger partial charge in [0.15, 0.2) is 0 Å². The highest BCUT2D eigenvalue weighted by atomic mass is 16.3. The average molecular weight is 452 g/mol. The molecule has 0 bridgehead atoms. The minimum atomic E-state index is 0.850. The SMILES string of the molecule is Cc1cccc(-c2ccc3oc4ccc(N5Cc6ccc(C)cc6-c6ccccc65)cc4c3c2)c1. The lowest BCUT2D eigenvalue weighted by Crippen LogP contribution is -2.21. The summed E-state index contributed by atoms with van der Waals surface area (Å²) >= 11 is 0. The lowest BCUT2D eigenvalue weighted by Gasteiger charge is -2.33. The molecule has 5 aromatic carbocycles. The van der Waals surface area contributed by atoms with Gasteiger partial charge in [-0.05, 0) is 72.5 Å². The van der Waals surface area contributed by atoms with Crippen LogP contribution in [0.2, 0.25) is 0 Å². The lowest BCUT2D eigenvalue weighted by molar-refractivity contribution is 0.669. The zero-order chi connectivity index (χ0) is 23.5. The number of para-hydroxylation sites is 1. The summed E-state index contributed by atoms with van der Waals surface area (Å²) in [5, 5.41) is 2.31.